The molecule has 8 atom stereocenters. The summed E-state index contributed by atoms with van der Waals surface area (Å²) in [4.78, 5) is 69.5. The molecule has 0 aliphatic carbocycles. The molecule has 5 rings (SSSR count). The summed E-state index contributed by atoms with van der Waals surface area (Å²) >= 11 is 0. The summed E-state index contributed by atoms with van der Waals surface area (Å²) in [5.74, 6) is -0.649. The molecule has 0 bridgehead atoms. The molecular formula is C25H34N8O14P2. The zero-order valence-corrected chi connectivity index (χ0v) is 27.3. The van der Waals surface area contributed by atoms with Crippen LogP contribution in [0.25, 0.3) is 11.2 Å². The van der Waals surface area contributed by atoms with Crippen LogP contribution in [0.2, 0.25) is 0 Å². The van der Waals surface area contributed by atoms with Crippen LogP contribution in [0.15, 0.2) is 42.4 Å². The van der Waals surface area contributed by atoms with Crippen molar-refractivity contribution in [3.63, 3.8) is 0 Å². The van der Waals surface area contributed by atoms with Crippen LogP contribution in [-0.4, -0.2) is 98.6 Å². The van der Waals surface area contributed by atoms with E-state index in [1.807, 2.05) is 0 Å². The number of hydrogen-bond acceptors (Lipinski definition) is 17. The van der Waals surface area contributed by atoms with Crippen molar-refractivity contribution in [1.82, 2.24) is 29.1 Å². The minimum absolute atomic E-state index is 0.0338. The molecule has 2 aliphatic rings. The third kappa shape index (κ3) is 8.93. The van der Waals surface area contributed by atoms with E-state index in [9.17, 15) is 28.7 Å². The molecule has 2 aliphatic heterocycles. The van der Waals surface area contributed by atoms with E-state index in [1.165, 1.54) is 35.6 Å². The predicted molar refractivity (Wildman–Crippen MR) is 164 cm³/mol. The largest absolute Gasteiger partial charge is 0.472 e. The molecule has 0 amide bonds. The average Bonchev–Trinajstić information content (AvgIpc) is 3.71. The zero-order chi connectivity index (χ0) is 35.5. The van der Waals surface area contributed by atoms with Crippen LogP contribution >= 0.6 is 15.6 Å². The highest BCUT2D eigenvalue weighted by atomic mass is 31.2. The van der Waals surface area contributed by atoms with E-state index in [1.54, 1.807) is 0 Å². The van der Waals surface area contributed by atoms with Crippen molar-refractivity contribution in [2.24, 2.45) is 0 Å². The van der Waals surface area contributed by atoms with Gasteiger partial charge in [-0.05, 0) is 12.5 Å². The Balaban J connectivity index is 1.27. The van der Waals surface area contributed by atoms with Crippen molar-refractivity contribution in [2.45, 2.75) is 68.7 Å². The lowest BCUT2D eigenvalue weighted by atomic mass is 10.1. The summed E-state index contributed by atoms with van der Waals surface area (Å²) in [7, 11) is -9.94. The number of aliphatic hydroxyl groups excluding tert-OH is 1. The number of imidazole rings is 1. The standard InChI is InChI=1S/C25H34N8O14P2/c1-2-3-4-18(34)46-21-13(45-24(20(21)35)33-12-30-19-22(27)28-11-29-23(19)33)6-8-42-49(40,41)47-14-9-17(32-7-5-16(26)31-25(32)36)44-15(14)10-43-48(37,38)39/h2,5,7,11-15,17,20-21,24,35H,1,3-4,6,8-10H2,(H,40,41)(H2,26,31,36)(H2,27,28,29)(H2,37,38,39)/t13-,14+,15-,17-,20-,21-,24?/m1/s1. The Morgan fingerprint density at radius 3 is 2.61 bits per heavy atom. The molecule has 24 heteroatoms. The minimum atomic E-state index is -4.99. The molecule has 2 fully saturated rings. The van der Waals surface area contributed by atoms with E-state index in [-0.39, 0.29) is 42.1 Å². The zero-order valence-electron chi connectivity index (χ0n) is 25.5. The highest BCUT2D eigenvalue weighted by Gasteiger charge is 2.48. The number of allylic oxidation sites excluding steroid dienone is 1. The number of esters is 1. The fourth-order valence-corrected chi connectivity index (χ4v) is 6.55. The first-order valence-corrected chi connectivity index (χ1v) is 17.6. The summed E-state index contributed by atoms with van der Waals surface area (Å²) in [6.07, 6.45) is -3.71. The molecule has 5 heterocycles. The molecule has 0 saturated carbocycles. The Morgan fingerprint density at radius 1 is 1.12 bits per heavy atom. The van der Waals surface area contributed by atoms with Gasteiger partial charge >= 0.3 is 27.3 Å². The Morgan fingerprint density at radius 2 is 1.90 bits per heavy atom. The second-order valence-electron chi connectivity index (χ2n) is 10.8. The number of phosphoric ester groups is 2. The third-order valence-electron chi connectivity index (χ3n) is 7.47. The van der Waals surface area contributed by atoms with E-state index in [0.717, 1.165) is 4.57 Å². The van der Waals surface area contributed by atoms with Crippen LogP contribution in [0.4, 0.5) is 11.6 Å². The van der Waals surface area contributed by atoms with Gasteiger partial charge in [-0.15, -0.1) is 6.58 Å². The van der Waals surface area contributed by atoms with Gasteiger partial charge in [0, 0.05) is 25.5 Å². The van der Waals surface area contributed by atoms with Gasteiger partial charge in [0.1, 0.15) is 48.3 Å². The van der Waals surface area contributed by atoms with Gasteiger partial charge in [-0.3, -0.25) is 27.5 Å². The molecule has 2 saturated heterocycles. The summed E-state index contributed by atoms with van der Waals surface area (Å²) in [6, 6.07) is 1.30. The van der Waals surface area contributed by atoms with Crippen LogP contribution < -0.4 is 17.2 Å². The van der Waals surface area contributed by atoms with Crippen LogP contribution in [0, 0.1) is 0 Å². The first-order valence-electron chi connectivity index (χ1n) is 14.6. The number of rotatable bonds is 15. The van der Waals surface area contributed by atoms with Crippen LogP contribution in [0.5, 0.6) is 0 Å². The molecule has 2 unspecified atom stereocenters. The van der Waals surface area contributed by atoms with Crippen LogP contribution in [-0.2, 0) is 41.7 Å². The predicted octanol–water partition coefficient (Wildman–Crippen LogP) is -0.327. The van der Waals surface area contributed by atoms with E-state index in [4.69, 9.17) is 44.5 Å². The first kappa shape index (κ1) is 36.6. The van der Waals surface area contributed by atoms with Crippen molar-refractivity contribution < 1.29 is 61.5 Å². The number of nitrogens with zero attached hydrogens (tertiary/aromatic N) is 6. The summed E-state index contributed by atoms with van der Waals surface area (Å²) in [6.45, 7) is 2.25. The average molecular weight is 733 g/mol. The van der Waals surface area contributed by atoms with E-state index < -0.39 is 83.5 Å². The second-order valence-corrected chi connectivity index (χ2v) is 13.5. The first-order chi connectivity index (χ1) is 23.2. The molecule has 0 aromatic carbocycles. The monoisotopic (exact) mass is 732 g/mol. The van der Waals surface area contributed by atoms with E-state index in [0.29, 0.717) is 6.42 Å². The Hall–Kier alpha value is -3.66. The number of anilines is 2. The summed E-state index contributed by atoms with van der Waals surface area (Å²) < 4.78 is 58.9. The smallest absolute Gasteiger partial charge is 0.457 e. The van der Waals surface area contributed by atoms with Gasteiger partial charge in [0.2, 0.25) is 0 Å². The number of nitrogen functional groups attached to an aromatic ring is 2. The fraction of sp³-hybridized carbons (Fsp3) is 0.520. The van der Waals surface area contributed by atoms with Crippen molar-refractivity contribution in [3.8, 4) is 0 Å². The fourth-order valence-electron chi connectivity index (χ4n) is 5.25. The topological polar surface area (TPSA) is 318 Å². The van der Waals surface area contributed by atoms with Gasteiger partial charge in [0.05, 0.1) is 19.5 Å². The molecule has 3 aromatic rings. The maximum atomic E-state index is 13.1. The lowest BCUT2D eigenvalue weighted by Crippen LogP contribution is -2.37. The molecule has 8 N–H and O–H groups in total. The normalized spacial score (nSPS) is 26.9. The van der Waals surface area contributed by atoms with Gasteiger partial charge in [-0.2, -0.15) is 4.98 Å². The molecule has 268 valence electrons. The molecule has 0 radical (unpaired) electrons. The highest BCUT2D eigenvalue weighted by Crippen LogP contribution is 2.49. The number of aliphatic hydroxyl groups is 1. The SMILES string of the molecule is C=CCCC(=O)O[C@@H]1[C@@H](CCOP(=O)(O)O[C@H]2C[C@H](n3ccc(N)nc3=O)O[C@@H]2COP(=O)(O)O)OC(n2cnc3c(N)ncnc32)[C@@H]1O. The maximum absolute atomic E-state index is 13.1. The lowest BCUT2D eigenvalue weighted by molar-refractivity contribution is -0.156. The quantitative estimate of drug-likeness (QED) is 0.0662. The van der Waals surface area contributed by atoms with Crippen molar-refractivity contribution in [2.75, 3.05) is 24.7 Å². The van der Waals surface area contributed by atoms with Crippen molar-refractivity contribution in [3.05, 3.63) is 48.1 Å². The van der Waals surface area contributed by atoms with Crippen LogP contribution in [0.1, 0.15) is 38.1 Å². The molecule has 49 heavy (non-hydrogen) atoms. The van der Waals surface area contributed by atoms with Crippen LogP contribution in [0.3, 0.4) is 0 Å². The highest BCUT2D eigenvalue weighted by molar-refractivity contribution is 7.47. The summed E-state index contributed by atoms with van der Waals surface area (Å²) in [5, 5.41) is 11.2. The summed E-state index contributed by atoms with van der Waals surface area (Å²) in [5.41, 5.74) is 11.0. The second kappa shape index (κ2) is 15.1. The van der Waals surface area contributed by atoms with Crippen molar-refractivity contribution >= 4 is 44.4 Å². The third-order valence-corrected chi connectivity index (χ3v) is 9.00. The van der Waals surface area contributed by atoms with Gasteiger partial charge in [-0.1, -0.05) is 6.08 Å². The van der Waals surface area contributed by atoms with Gasteiger partial charge in [0.25, 0.3) is 0 Å². The minimum Gasteiger partial charge on any atom is -0.457 e. The Kier molecular flexibility index (Phi) is 11.3. The molecule has 0 spiro atoms. The number of fused-ring (bicyclic) bond motifs is 1. The number of phosphoric acid groups is 2. The Bertz CT molecular complexity index is 1820. The molecule has 22 nitrogen and oxygen atoms in total. The van der Waals surface area contributed by atoms with Gasteiger partial charge in [0.15, 0.2) is 23.8 Å². The number of hydrogen-bond donors (Lipinski definition) is 6. The maximum Gasteiger partial charge on any atom is 0.472 e. The number of carbonyl (C=O) groups excluding carboxylic acids is 1. The molecule has 3 aromatic heterocycles. The van der Waals surface area contributed by atoms with Gasteiger partial charge < -0.3 is 45.5 Å². The number of aromatic nitrogens is 6. The Labute approximate surface area is 276 Å². The van der Waals surface area contributed by atoms with E-state index in [2.05, 4.69) is 31.0 Å². The number of carbonyl (C=O) groups is 1. The molecular weight excluding hydrogens is 698 g/mol. The lowest BCUT2D eigenvalue weighted by Gasteiger charge is -2.23. The number of ether oxygens (including phenoxy) is 3. The van der Waals surface area contributed by atoms with Crippen molar-refractivity contribution in [1.29, 1.82) is 0 Å². The number of nitrogens with two attached hydrogens (primary N) is 2. The van der Waals surface area contributed by atoms with E-state index >= 15 is 0 Å². The van der Waals surface area contributed by atoms with Gasteiger partial charge in [-0.25, -0.2) is 28.9 Å².